The lowest BCUT2D eigenvalue weighted by Crippen LogP contribution is -2.44. The van der Waals surface area contributed by atoms with Crippen LogP contribution in [0.25, 0.3) is 5.70 Å². The number of carbonyl (C=O) groups is 1. The van der Waals surface area contributed by atoms with Crippen molar-refractivity contribution in [2.24, 2.45) is 15.8 Å². The second kappa shape index (κ2) is 5.25. The summed E-state index contributed by atoms with van der Waals surface area (Å²) in [5.74, 6) is 6.42. The molecule has 1 saturated heterocycles. The monoisotopic (exact) mass is 329 g/mol. The van der Waals surface area contributed by atoms with Crippen molar-refractivity contribution in [3.8, 4) is 0 Å². The number of nitrogens with two attached hydrogens (primary N) is 1. The third-order valence-electron chi connectivity index (χ3n) is 3.95. The largest absolute Gasteiger partial charge is 0.395 e. The highest BCUT2D eigenvalue weighted by molar-refractivity contribution is 6.13. The van der Waals surface area contributed by atoms with Crippen LogP contribution < -0.4 is 5.84 Å². The van der Waals surface area contributed by atoms with Crippen molar-refractivity contribution in [1.29, 1.82) is 0 Å². The van der Waals surface area contributed by atoms with Gasteiger partial charge in [0.1, 0.15) is 23.4 Å². The number of urea groups is 1. The Morgan fingerprint density at radius 2 is 2.21 bits per heavy atom. The highest BCUT2D eigenvalue weighted by Gasteiger charge is 2.50. The van der Waals surface area contributed by atoms with Gasteiger partial charge in [-0.25, -0.2) is 35.6 Å². The van der Waals surface area contributed by atoms with E-state index >= 15 is 0 Å². The van der Waals surface area contributed by atoms with Gasteiger partial charge in [0, 0.05) is 26.0 Å². The number of aliphatic hydroxyl groups is 1. The molecule has 4 rings (SSSR count). The average molecular weight is 329 g/mol. The molecular weight excluding hydrogens is 314 g/mol. The van der Waals surface area contributed by atoms with Gasteiger partial charge in [-0.15, -0.1) is 0 Å². The smallest absolute Gasteiger partial charge is 0.341 e. The zero-order valence-corrected chi connectivity index (χ0v) is 12.8. The fourth-order valence-electron chi connectivity index (χ4n) is 2.89. The zero-order chi connectivity index (χ0) is 16.8. The number of amides is 2. The lowest BCUT2D eigenvalue weighted by Gasteiger charge is -2.28. The van der Waals surface area contributed by atoms with E-state index in [4.69, 9.17) is 5.84 Å². The van der Waals surface area contributed by atoms with E-state index in [9.17, 15) is 9.90 Å². The Morgan fingerprint density at radius 1 is 1.38 bits per heavy atom. The number of hydrazine groups is 2. The topological polar surface area (TPSA) is 127 Å². The number of aliphatic imine (C=N–C) groups is 2. The quantitative estimate of drug-likeness (QED) is 0.655. The van der Waals surface area contributed by atoms with Gasteiger partial charge in [-0.05, 0) is 0 Å². The Hall–Kier alpha value is -3.05. The van der Waals surface area contributed by atoms with Gasteiger partial charge in [0.25, 0.3) is 0 Å². The van der Waals surface area contributed by atoms with Crippen molar-refractivity contribution in [3.63, 3.8) is 0 Å². The van der Waals surface area contributed by atoms with Crippen LogP contribution in [0.4, 0.5) is 4.79 Å². The number of hydrogen-bond donors (Lipinski definition) is 2. The maximum Gasteiger partial charge on any atom is 0.341 e. The Bertz CT molecular complexity index is 775. The summed E-state index contributed by atoms with van der Waals surface area (Å²) in [5, 5.41) is 13.6. The van der Waals surface area contributed by atoms with Crippen molar-refractivity contribution in [1.82, 2.24) is 29.9 Å². The predicted molar refractivity (Wildman–Crippen MR) is 83.5 cm³/mol. The summed E-state index contributed by atoms with van der Waals surface area (Å²) in [4.78, 5) is 31.1. The molecule has 0 aromatic carbocycles. The van der Waals surface area contributed by atoms with E-state index in [0.717, 1.165) is 0 Å². The van der Waals surface area contributed by atoms with E-state index in [0.29, 0.717) is 22.9 Å². The SMILES string of the molecule is CN1C(=O)N(CCO)C2N=C3C(=C(c4cnccn4)N=CN3N)N21. The summed E-state index contributed by atoms with van der Waals surface area (Å²) in [6, 6.07) is -0.263. The van der Waals surface area contributed by atoms with Gasteiger partial charge in [0.05, 0.1) is 12.8 Å². The molecule has 4 heterocycles. The van der Waals surface area contributed by atoms with Crippen molar-refractivity contribution in [2.45, 2.75) is 6.29 Å². The molecule has 1 atom stereocenters. The molecule has 0 aliphatic carbocycles. The fourth-order valence-corrected chi connectivity index (χ4v) is 2.89. The van der Waals surface area contributed by atoms with Gasteiger partial charge in [-0.3, -0.25) is 14.9 Å². The fraction of sp³-hybridized carbons (Fsp3) is 0.308. The summed E-state index contributed by atoms with van der Waals surface area (Å²) < 4.78 is 0. The number of rotatable bonds is 3. The summed E-state index contributed by atoms with van der Waals surface area (Å²) in [6.45, 7) is 0.00792. The number of aliphatic hydroxyl groups excluding tert-OH is 1. The molecule has 1 aromatic heterocycles. The van der Waals surface area contributed by atoms with Crippen LogP contribution in [0, 0.1) is 0 Å². The van der Waals surface area contributed by atoms with Crippen molar-refractivity contribution >= 4 is 23.9 Å². The molecule has 1 fully saturated rings. The van der Waals surface area contributed by atoms with Crippen LogP contribution in [-0.2, 0) is 0 Å². The van der Waals surface area contributed by atoms with Crippen LogP contribution in [-0.4, -0.2) is 79.7 Å². The molecule has 0 spiro atoms. The lowest BCUT2D eigenvalue weighted by atomic mass is 10.2. The first kappa shape index (κ1) is 14.5. The first-order chi connectivity index (χ1) is 11.6. The van der Waals surface area contributed by atoms with E-state index in [2.05, 4.69) is 20.0 Å². The second-order valence-corrected chi connectivity index (χ2v) is 5.31. The number of β-amino-alcohol motifs (C(OH)–C–C–N with tert-alkyl or cyclic N) is 1. The lowest BCUT2D eigenvalue weighted by molar-refractivity contribution is 0.0831. The molecule has 11 nitrogen and oxygen atoms in total. The number of hydrogen-bond acceptors (Lipinski definition) is 9. The van der Waals surface area contributed by atoms with Gasteiger partial charge in [-0.2, -0.15) is 0 Å². The van der Waals surface area contributed by atoms with Gasteiger partial charge in [-0.1, -0.05) is 0 Å². The minimum absolute atomic E-state index is 0.159. The zero-order valence-electron chi connectivity index (χ0n) is 12.8. The molecule has 3 aliphatic heterocycles. The van der Waals surface area contributed by atoms with Crippen LogP contribution >= 0.6 is 0 Å². The van der Waals surface area contributed by atoms with E-state index in [1.807, 2.05) is 0 Å². The van der Waals surface area contributed by atoms with E-state index in [1.165, 1.54) is 21.3 Å². The summed E-state index contributed by atoms with van der Waals surface area (Å²) >= 11 is 0. The van der Waals surface area contributed by atoms with Crippen molar-refractivity contribution in [3.05, 3.63) is 30.0 Å². The maximum atomic E-state index is 12.4. The molecule has 0 radical (unpaired) electrons. The van der Waals surface area contributed by atoms with Crippen molar-refractivity contribution < 1.29 is 9.90 Å². The number of fused-ring (bicyclic) bond motifs is 3. The molecule has 11 heteroatoms. The van der Waals surface area contributed by atoms with Gasteiger partial charge < -0.3 is 5.11 Å². The maximum absolute atomic E-state index is 12.4. The standard InChI is InChI=1S/C13H15N9O2/c1-19-13(24)20(4-5-23)12-18-11-10(22(12)19)9(17-7-21(11)14)8-6-15-2-3-16-8/h2-3,6-7,12,23H,4-5,14H2,1H3. The van der Waals surface area contributed by atoms with Gasteiger partial charge >= 0.3 is 6.03 Å². The third-order valence-corrected chi connectivity index (χ3v) is 3.95. The van der Waals surface area contributed by atoms with Crippen LogP contribution in [0.3, 0.4) is 0 Å². The molecule has 3 N–H and O–H groups in total. The third kappa shape index (κ3) is 1.88. The first-order valence-corrected chi connectivity index (χ1v) is 7.24. The average Bonchev–Trinajstić information content (AvgIpc) is 3.09. The Labute approximate surface area is 137 Å². The summed E-state index contributed by atoms with van der Waals surface area (Å²) in [5.41, 5.74) is 1.64. The van der Waals surface area contributed by atoms with Crippen LogP contribution in [0.2, 0.25) is 0 Å². The Balaban J connectivity index is 1.86. The number of aromatic nitrogens is 2. The highest BCUT2D eigenvalue weighted by Crippen LogP contribution is 2.37. The normalized spacial score (nSPS) is 22.4. The van der Waals surface area contributed by atoms with E-state index in [1.54, 1.807) is 30.6 Å². The van der Waals surface area contributed by atoms with Crippen LogP contribution in [0.15, 0.2) is 34.3 Å². The summed E-state index contributed by atoms with van der Waals surface area (Å²) in [7, 11) is 1.63. The van der Waals surface area contributed by atoms with E-state index < -0.39 is 6.29 Å². The first-order valence-electron chi connectivity index (χ1n) is 7.24. The van der Waals surface area contributed by atoms with Gasteiger partial charge in [0.2, 0.25) is 6.29 Å². The minimum Gasteiger partial charge on any atom is -0.395 e. The molecule has 3 aliphatic rings. The summed E-state index contributed by atoms with van der Waals surface area (Å²) in [6.07, 6.45) is 5.54. The number of carbonyl (C=O) groups excluding carboxylic acids is 1. The van der Waals surface area contributed by atoms with Crippen LogP contribution in [0.1, 0.15) is 5.69 Å². The molecule has 0 bridgehead atoms. The molecule has 0 saturated carbocycles. The molecule has 1 unspecified atom stereocenters. The number of amidine groups is 1. The number of nitrogens with zero attached hydrogens (tertiary/aromatic N) is 8. The predicted octanol–water partition coefficient (Wildman–Crippen LogP) is -1.36. The van der Waals surface area contributed by atoms with Crippen LogP contribution in [0.5, 0.6) is 0 Å². The molecule has 1 aromatic rings. The minimum atomic E-state index is -0.612. The van der Waals surface area contributed by atoms with Crippen molar-refractivity contribution in [2.75, 3.05) is 20.2 Å². The molecule has 24 heavy (non-hydrogen) atoms. The highest BCUT2D eigenvalue weighted by atomic mass is 16.3. The van der Waals surface area contributed by atoms with E-state index in [-0.39, 0.29) is 19.2 Å². The second-order valence-electron chi connectivity index (χ2n) is 5.31. The Kier molecular flexibility index (Phi) is 3.18. The Morgan fingerprint density at radius 3 is 2.92 bits per heavy atom. The molecule has 124 valence electrons. The van der Waals surface area contributed by atoms with Gasteiger partial charge in [0.15, 0.2) is 5.84 Å². The molecule has 2 amide bonds. The molecular formula is C13H15N9O2.